The van der Waals surface area contributed by atoms with Crippen molar-refractivity contribution in [2.45, 2.75) is 6.61 Å². The Morgan fingerprint density at radius 1 is 1.35 bits per heavy atom. The van der Waals surface area contributed by atoms with Gasteiger partial charge in [-0.15, -0.1) is 0 Å². The van der Waals surface area contributed by atoms with Crippen LogP contribution in [0.1, 0.15) is 11.3 Å². The second-order valence-electron chi connectivity index (χ2n) is 3.89. The second kappa shape index (κ2) is 6.42. The smallest absolute Gasteiger partial charge is 0.328 e. The summed E-state index contributed by atoms with van der Waals surface area (Å²) in [6.45, 7) is 0.177. The number of pyridine rings is 2. The van der Waals surface area contributed by atoms with E-state index in [1.54, 1.807) is 12.1 Å². The lowest BCUT2D eigenvalue weighted by Gasteiger charge is -2.05. The van der Waals surface area contributed by atoms with Crippen molar-refractivity contribution in [2.75, 3.05) is 0 Å². The number of hydrogen-bond donors (Lipinski definition) is 1. The molecule has 2 aromatic heterocycles. The van der Waals surface area contributed by atoms with Crippen LogP contribution in [0.15, 0.2) is 42.9 Å². The summed E-state index contributed by atoms with van der Waals surface area (Å²) < 4.78 is 18.3. The SMILES string of the molecule is O=C(O)/C=C/c1ccc(OCc2cncc(F)c2)cn1. The zero-order chi connectivity index (χ0) is 14.4. The van der Waals surface area contributed by atoms with Gasteiger partial charge in [0.05, 0.1) is 18.1 Å². The number of carboxylic acid groups (broad SMARTS) is 1. The van der Waals surface area contributed by atoms with Crippen LogP contribution in [0.4, 0.5) is 4.39 Å². The lowest BCUT2D eigenvalue weighted by Crippen LogP contribution is -1.97. The standard InChI is InChI=1S/C14H11FN2O3/c15-11-5-10(6-16-7-11)9-20-13-3-1-12(17-8-13)2-4-14(18)19/h1-8H,9H2,(H,18,19)/b4-2+. The van der Waals surface area contributed by atoms with Gasteiger partial charge in [-0.2, -0.15) is 0 Å². The van der Waals surface area contributed by atoms with E-state index in [-0.39, 0.29) is 6.61 Å². The van der Waals surface area contributed by atoms with E-state index in [0.717, 1.165) is 12.3 Å². The van der Waals surface area contributed by atoms with Gasteiger partial charge in [-0.3, -0.25) is 9.97 Å². The highest BCUT2D eigenvalue weighted by Gasteiger charge is 1.99. The predicted octanol–water partition coefficient (Wildman–Crippen LogP) is 2.29. The summed E-state index contributed by atoms with van der Waals surface area (Å²) in [7, 11) is 0. The number of aromatic nitrogens is 2. The fraction of sp³-hybridized carbons (Fsp3) is 0.0714. The van der Waals surface area contributed by atoms with Crippen LogP contribution in [0.5, 0.6) is 5.75 Å². The molecule has 102 valence electrons. The molecular formula is C14H11FN2O3. The number of halogens is 1. The molecule has 0 aliphatic rings. The molecule has 6 heteroatoms. The minimum absolute atomic E-state index is 0.177. The van der Waals surface area contributed by atoms with Crippen LogP contribution in [0.25, 0.3) is 6.08 Å². The van der Waals surface area contributed by atoms with Crippen LogP contribution in [0, 0.1) is 5.82 Å². The van der Waals surface area contributed by atoms with E-state index in [1.165, 1.54) is 24.5 Å². The topological polar surface area (TPSA) is 72.3 Å². The first kappa shape index (κ1) is 13.7. The van der Waals surface area contributed by atoms with E-state index in [2.05, 4.69) is 9.97 Å². The number of nitrogens with zero attached hydrogens (tertiary/aromatic N) is 2. The molecule has 0 amide bonds. The summed E-state index contributed by atoms with van der Waals surface area (Å²) in [4.78, 5) is 18.1. The van der Waals surface area contributed by atoms with Crippen LogP contribution in [-0.2, 0) is 11.4 Å². The Morgan fingerprint density at radius 2 is 2.20 bits per heavy atom. The molecule has 2 heterocycles. The zero-order valence-electron chi connectivity index (χ0n) is 10.4. The number of hydrogen-bond acceptors (Lipinski definition) is 4. The highest BCUT2D eigenvalue weighted by Crippen LogP contribution is 2.12. The van der Waals surface area contributed by atoms with Crippen molar-refractivity contribution in [3.05, 3.63) is 59.9 Å². The van der Waals surface area contributed by atoms with E-state index in [1.807, 2.05) is 0 Å². The highest BCUT2D eigenvalue weighted by atomic mass is 19.1. The quantitative estimate of drug-likeness (QED) is 0.847. The molecule has 0 aliphatic heterocycles. The van der Waals surface area contributed by atoms with Crippen LogP contribution in [0.2, 0.25) is 0 Å². The van der Waals surface area contributed by atoms with Crippen molar-refractivity contribution in [1.29, 1.82) is 0 Å². The Kier molecular flexibility index (Phi) is 4.39. The average Bonchev–Trinajstić information content (AvgIpc) is 2.44. The van der Waals surface area contributed by atoms with Gasteiger partial charge >= 0.3 is 5.97 Å². The normalized spacial score (nSPS) is 10.7. The average molecular weight is 274 g/mol. The Balaban J connectivity index is 1.95. The number of ether oxygens (including phenoxy) is 1. The van der Waals surface area contributed by atoms with Crippen molar-refractivity contribution >= 4 is 12.0 Å². The molecule has 0 spiro atoms. The van der Waals surface area contributed by atoms with Gasteiger partial charge in [-0.25, -0.2) is 9.18 Å². The molecule has 0 saturated carbocycles. The molecule has 0 radical (unpaired) electrons. The molecule has 2 rings (SSSR count). The zero-order valence-corrected chi connectivity index (χ0v) is 10.4. The fourth-order valence-electron chi connectivity index (χ4n) is 1.43. The molecular weight excluding hydrogens is 263 g/mol. The minimum atomic E-state index is -1.04. The van der Waals surface area contributed by atoms with E-state index in [0.29, 0.717) is 17.0 Å². The summed E-state index contributed by atoms with van der Waals surface area (Å²) in [6, 6.07) is 4.62. The predicted molar refractivity (Wildman–Crippen MR) is 69.4 cm³/mol. The summed E-state index contributed by atoms with van der Waals surface area (Å²) in [6.07, 6.45) is 6.48. The Hall–Kier alpha value is -2.76. The van der Waals surface area contributed by atoms with Gasteiger partial charge in [-0.1, -0.05) is 0 Å². The van der Waals surface area contributed by atoms with Crippen LogP contribution < -0.4 is 4.74 Å². The molecule has 0 saturated heterocycles. The molecule has 0 atom stereocenters. The third kappa shape index (κ3) is 4.16. The van der Waals surface area contributed by atoms with Gasteiger partial charge in [0.15, 0.2) is 0 Å². The van der Waals surface area contributed by atoms with Crippen LogP contribution >= 0.6 is 0 Å². The van der Waals surface area contributed by atoms with Crippen molar-refractivity contribution in [3.8, 4) is 5.75 Å². The molecule has 0 unspecified atom stereocenters. The van der Waals surface area contributed by atoms with Gasteiger partial charge in [0.2, 0.25) is 0 Å². The number of aliphatic carboxylic acids is 1. The monoisotopic (exact) mass is 274 g/mol. The largest absolute Gasteiger partial charge is 0.487 e. The minimum Gasteiger partial charge on any atom is -0.487 e. The molecule has 5 nitrogen and oxygen atoms in total. The van der Waals surface area contributed by atoms with Crippen molar-refractivity contribution in [3.63, 3.8) is 0 Å². The third-order valence-electron chi connectivity index (χ3n) is 2.32. The molecule has 20 heavy (non-hydrogen) atoms. The molecule has 2 aromatic rings. The molecule has 1 N–H and O–H groups in total. The molecule has 0 fully saturated rings. The van der Waals surface area contributed by atoms with Gasteiger partial charge < -0.3 is 9.84 Å². The van der Waals surface area contributed by atoms with Gasteiger partial charge in [0.1, 0.15) is 18.2 Å². The summed E-state index contributed by atoms with van der Waals surface area (Å²) in [5.41, 5.74) is 1.12. The lowest BCUT2D eigenvalue weighted by atomic mass is 10.3. The fourth-order valence-corrected chi connectivity index (χ4v) is 1.43. The number of carboxylic acids is 1. The Bertz CT molecular complexity index is 627. The first-order valence-electron chi connectivity index (χ1n) is 5.73. The molecule has 0 aliphatic carbocycles. The Morgan fingerprint density at radius 3 is 2.85 bits per heavy atom. The Labute approximate surface area is 114 Å². The summed E-state index contributed by atoms with van der Waals surface area (Å²) in [5, 5.41) is 8.49. The van der Waals surface area contributed by atoms with E-state index >= 15 is 0 Å². The molecule has 0 bridgehead atoms. The van der Waals surface area contributed by atoms with Crippen LogP contribution in [0.3, 0.4) is 0 Å². The van der Waals surface area contributed by atoms with E-state index < -0.39 is 11.8 Å². The van der Waals surface area contributed by atoms with E-state index in [4.69, 9.17) is 9.84 Å². The second-order valence-corrected chi connectivity index (χ2v) is 3.89. The molecule has 0 aromatic carbocycles. The van der Waals surface area contributed by atoms with E-state index in [9.17, 15) is 9.18 Å². The van der Waals surface area contributed by atoms with Gasteiger partial charge in [-0.05, 0) is 24.3 Å². The maximum atomic E-state index is 12.9. The maximum absolute atomic E-state index is 12.9. The highest BCUT2D eigenvalue weighted by molar-refractivity contribution is 5.84. The first-order chi connectivity index (χ1) is 9.63. The lowest BCUT2D eigenvalue weighted by molar-refractivity contribution is -0.131. The first-order valence-corrected chi connectivity index (χ1v) is 5.73. The van der Waals surface area contributed by atoms with Crippen molar-refractivity contribution < 1.29 is 19.0 Å². The van der Waals surface area contributed by atoms with Gasteiger partial charge in [0.25, 0.3) is 0 Å². The van der Waals surface area contributed by atoms with Crippen molar-refractivity contribution in [1.82, 2.24) is 9.97 Å². The number of rotatable bonds is 5. The van der Waals surface area contributed by atoms with Crippen LogP contribution in [-0.4, -0.2) is 21.0 Å². The third-order valence-corrected chi connectivity index (χ3v) is 2.32. The summed E-state index contributed by atoms with van der Waals surface area (Å²) >= 11 is 0. The maximum Gasteiger partial charge on any atom is 0.328 e. The number of carbonyl (C=O) groups is 1. The van der Waals surface area contributed by atoms with Crippen molar-refractivity contribution in [2.24, 2.45) is 0 Å². The summed E-state index contributed by atoms with van der Waals surface area (Å²) in [5.74, 6) is -0.953. The van der Waals surface area contributed by atoms with Gasteiger partial charge in [0, 0.05) is 17.8 Å².